The molecule has 2 aliphatic rings. The van der Waals surface area contributed by atoms with E-state index in [1.54, 1.807) is 36.7 Å². The number of nitrogens with one attached hydrogen (secondary N) is 1. The molecule has 3 N–H and O–H groups in total. The van der Waals surface area contributed by atoms with Gasteiger partial charge in [0.15, 0.2) is 0 Å². The molecule has 0 saturated heterocycles. The number of rotatable bonds is 3. The highest BCUT2D eigenvalue weighted by molar-refractivity contribution is 6.19. The summed E-state index contributed by atoms with van der Waals surface area (Å²) in [7, 11) is 0. The van der Waals surface area contributed by atoms with E-state index in [0.717, 1.165) is 29.6 Å². The zero-order valence-electron chi connectivity index (χ0n) is 14.9. The number of anilines is 1. The first-order valence-electron chi connectivity index (χ1n) is 8.58. The van der Waals surface area contributed by atoms with E-state index < -0.39 is 17.6 Å². The Balaban J connectivity index is 1.49. The number of aromatic nitrogens is 1. The van der Waals surface area contributed by atoms with Gasteiger partial charge in [-0.25, -0.2) is 9.98 Å². The quantitative estimate of drug-likeness (QED) is 0.828. The molecule has 0 saturated carbocycles. The average Bonchev–Trinajstić information content (AvgIpc) is 3.13. The molecule has 1 aromatic carbocycles. The molecule has 1 atom stereocenters. The van der Waals surface area contributed by atoms with Gasteiger partial charge in [-0.3, -0.25) is 9.79 Å². The van der Waals surface area contributed by atoms with Gasteiger partial charge >= 0.3 is 6.18 Å². The van der Waals surface area contributed by atoms with Crippen LogP contribution in [0.15, 0.2) is 65.0 Å². The number of carbonyl (C=O) groups is 1. The Morgan fingerprint density at radius 1 is 1.21 bits per heavy atom. The van der Waals surface area contributed by atoms with Gasteiger partial charge in [0.1, 0.15) is 24.4 Å². The molecule has 0 aliphatic carbocycles. The van der Waals surface area contributed by atoms with Crippen LogP contribution in [0.25, 0.3) is 0 Å². The summed E-state index contributed by atoms with van der Waals surface area (Å²) < 4.78 is 38.4. The van der Waals surface area contributed by atoms with Gasteiger partial charge in [0.2, 0.25) is 0 Å². The first kappa shape index (κ1) is 18.7. The summed E-state index contributed by atoms with van der Waals surface area (Å²) in [6.45, 7) is 0.455. The molecule has 0 bridgehead atoms. The molecular weight excluding hydrogens is 385 g/mol. The Bertz CT molecular complexity index is 1040. The lowest BCUT2D eigenvalue weighted by Gasteiger charge is -2.25. The van der Waals surface area contributed by atoms with Crippen molar-refractivity contribution in [2.75, 3.05) is 12.0 Å². The van der Waals surface area contributed by atoms with E-state index in [2.05, 4.69) is 20.3 Å². The third-order valence-corrected chi connectivity index (χ3v) is 4.53. The standard InChI is InChI=1S/C19H15F3N6O/c20-19(21,22)13-5-6-24-14(9-13)27-18(29)12-3-1-11(2-4-12)15-16-17(23)25-7-8-28(16)10-26-15/h1-9,16H,10H2,(H2,23,25)(H,24,27,29). The molecule has 148 valence electrons. The molecule has 29 heavy (non-hydrogen) atoms. The van der Waals surface area contributed by atoms with E-state index in [1.165, 1.54) is 0 Å². The topological polar surface area (TPSA) is 96.0 Å². The van der Waals surface area contributed by atoms with Crippen LogP contribution < -0.4 is 11.1 Å². The minimum atomic E-state index is -4.51. The van der Waals surface area contributed by atoms with Crippen LogP contribution in [0.4, 0.5) is 19.0 Å². The van der Waals surface area contributed by atoms with Crippen molar-refractivity contribution in [2.24, 2.45) is 15.7 Å². The van der Waals surface area contributed by atoms with Gasteiger partial charge in [-0.05, 0) is 29.8 Å². The number of benzene rings is 1. The smallest absolute Gasteiger partial charge is 0.385 e. The van der Waals surface area contributed by atoms with E-state index in [1.807, 2.05) is 4.90 Å². The van der Waals surface area contributed by atoms with Crippen molar-refractivity contribution in [3.05, 3.63) is 71.7 Å². The summed E-state index contributed by atoms with van der Waals surface area (Å²) in [6, 6.07) is 7.92. The molecular formula is C19H15F3N6O. The largest absolute Gasteiger partial charge is 0.416 e. The van der Waals surface area contributed by atoms with Crippen molar-refractivity contribution >= 4 is 23.3 Å². The number of halogens is 3. The van der Waals surface area contributed by atoms with Crippen molar-refractivity contribution < 1.29 is 18.0 Å². The highest BCUT2D eigenvalue weighted by atomic mass is 19.4. The van der Waals surface area contributed by atoms with Crippen LogP contribution in [0.5, 0.6) is 0 Å². The number of nitrogens with two attached hydrogens (primary N) is 1. The minimum absolute atomic E-state index is 0.178. The summed E-state index contributed by atoms with van der Waals surface area (Å²) >= 11 is 0. The third-order valence-electron chi connectivity index (χ3n) is 4.53. The second-order valence-electron chi connectivity index (χ2n) is 6.41. The number of pyridine rings is 1. The average molecular weight is 400 g/mol. The molecule has 4 rings (SSSR count). The Labute approximate surface area is 163 Å². The number of amidine groups is 1. The van der Waals surface area contributed by atoms with Gasteiger partial charge in [0, 0.05) is 24.2 Å². The van der Waals surface area contributed by atoms with E-state index in [-0.39, 0.29) is 17.4 Å². The molecule has 1 aromatic heterocycles. The van der Waals surface area contributed by atoms with Gasteiger partial charge in [0.25, 0.3) is 5.91 Å². The predicted octanol–water partition coefficient (Wildman–Crippen LogP) is 2.63. The molecule has 0 radical (unpaired) electrons. The second kappa shape index (κ2) is 7.04. The first-order chi connectivity index (χ1) is 13.8. The number of hydrogen-bond donors (Lipinski definition) is 2. The third kappa shape index (κ3) is 3.68. The number of carbonyl (C=O) groups excluding carboxylic acids is 1. The Kier molecular flexibility index (Phi) is 4.53. The van der Waals surface area contributed by atoms with Crippen molar-refractivity contribution in [1.82, 2.24) is 9.88 Å². The highest BCUT2D eigenvalue weighted by Gasteiger charge is 2.33. The molecule has 3 heterocycles. The van der Waals surface area contributed by atoms with Crippen LogP contribution in [0.3, 0.4) is 0 Å². The fourth-order valence-corrected chi connectivity index (χ4v) is 3.11. The van der Waals surface area contributed by atoms with Crippen LogP contribution in [0, 0.1) is 0 Å². The number of aliphatic imine (C=N–C) groups is 2. The Morgan fingerprint density at radius 3 is 2.69 bits per heavy atom. The molecule has 2 aliphatic heterocycles. The Morgan fingerprint density at radius 2 is 1.97 bits per heavy atom. The number of alkyl halides is 3. The summed E-state index contributed by atoms with van der Waals surface area (Å²) in [5, 5.41) is 2.38. The van der Waals surface area contributed by atoms with E-state index in [0.29, 0.717) is 12.5 Å². The number of amides is 1. The van der Waals surface area contributed by atoms with Gasteiger partial charge in [-0.1, -0.05) is 12.1 Å². The minimum Gasteiger partial charge on any atom is -0.385 e. The summed E-state index contributed by atoms with van der Waals surface area (Å²) in [6.07, 6.45) is -0.101. The van der Waals surface area contributed by atoms with Crippen LogP contribution in [0.1, 0.15) is 21.5 Å². The molecule has 0 spiro atoms. The van der Waals surface area contributed by atoms with Crippen molar-refractivity contribution in [3.63, 3.8) is 0 Å². The Hall–Kier alpha value is -3.69. The van der Waals surface area contributed by atoms with E-state index in [9.17, 15) is 18.0 Å². The zero-order chi connectivity index (χ0) is 20.6. The van der Waals surface area contributed by atoms with Crippen LogP contribution in [0.2, 0.25) is 0 Å². The summed E-state index contributed by atoms with van der Waals surface area (Å²) in [5.74, 6) is -0.316. The maximum atomic E-state index is 12.8. The second-order valence-corrected chi connectivity index (χ2v) is 6.41. The SMILES string of the molecule is NC1=NC=CN2CN=C(c3ccc(C(=O)Nc4cc(C(F)(F)F)ccn4)cc3)C12. The zero-order valence-corrected chi connectivity index (χ0v) is 14.9. The molecule has 10 heteroatoms. The monoisotopic (exact) mass is 400 g/mol. The van der Waals surface area contributed by atoms with Crippen molar-refractivity contribution in [1.29, 1.82) is 0 Å². The molecule has 1 amide bonds. The number of hydrogen-bond acceptors (Lipinski definition) is 6. The van der Waals surface area contributed by atoms with Crippen molar-refractivity contribution in [3.8, 4) is 0 Å². The van der Waals surface area contributed by atoms with Crippen molar-refractivity contribution in [2.45, 2.75) is 12.2 Å². The number of fused-ring (bicyclic) bond motifs is 1. The maximum Gasteiger partial charge on any atom is 0.416 e. The lowest BCUT2D eigenvalue weighted by Crippen LogP contribution is -2.45. The fraction of sp³-hybridized carbons (Fsp3) is 0.158. The molecule has 0 fully saturated rings. The highest BCUT2D eigenvalue weighted by Crippen LogP contribution is 2.30. The number of nitrogens with zero attached hydrogens (tertiary/aromatic N) is 4. The van der Waals surface area contributed by atoms with Crippen LogP contribution in [-0.2, 0) is 6.18 Å². The summed E-state index contributed by atoms with van der Waals surface area (Å²) in [5.41, 5.74) is 6.88. The van der Waals surface area contributed by atoms with Gasteiger partial charge in [-0.2, -0.15) is 13.2 Å². The predicted molar refractivity (Wildman–Crippen MR) is 101 cm³/mol. The molecule has 7 nitrogen and oxygen atoms in total. The van der Waals surface area contributed by atoms with Crippen LogP contribution in [-0.4, -0.2) is 40.0 Å². The lowest BCUT2D eigenvalue weighted by molar-refractivity contribution is -0.137. The van der Waals surface area contributed by atoms with Gasteiger partial charge < -0.3 is 16.0 Å². The molecule has 1 unspecified atom stereocenters. The van der Waals surface area contributed by atoms with E-state index >= 15 is 0 Å². The van der Waals surface area contributed by atoms with Crippen LogP contribution >= 0.6 is 0 Å². The van der Waals surface area contributed by atoms with Gasteiger partial charge in [0.05, 0.1) is 11.3 Å². The molecule has 2 aromatic rings. The summed E-state index contributed by atoms with van der Waals surface area (Å²) in [4.78, 5) is 26.7. The van der Waals surface area contributed by atoms with E-state index in [4.69, 9.17) is 5.73 Å². The fourth-order valence-electron chi connectivity index (χ4n) is 3.11. The lowest BCUT2D eigenvalue weighted by atomic mass is 10.0. The van der Waals surface area contributed by atoms with Gasteiger partial charge in [-0.15, -0.1) is 0 Å². The first-order valence-corrected chi connectivity index (χ1v) is 8.58. The maximum absolute atomic E-state index is 12.8. The normalized spacial score (nSPS) is 18.2.